The molecule has 1 aromatic carbocycles. The highest BCUT2D eigenvalue weighted by Gasteiger charge is 2.43. The Hall–Kier alpha value is -1.22. The Morgan fingerprint density at radius 3 is 2.74 bits per heavy atom. The van der Waals surface area contributed by atoms with E-state index in [9.17, 15) is 0 Å². The van der Waals surface area contributed by atoms with Crippen molar-refractivity contribution in [3.8, 4) is 11.5 Å². The van der Waals surface area contributed by atoms with Gasteiger partial charge in [-0.15, -0.1) is 0 Å². The Bertz CT molecular complexity index is 466. The highest BCUT2D eigenvalue weighted by atomic mass is 16.5. The molecule has 19 heavy (non-hydrogen) atoms. The van der Waals surface area contributed by atoms with E-state index < -0.39 is 0 Å². The molecule has 1 aromatic rings. The predicted octanol–water partition coefficient (Wildman–Crippen LogP) is 2.69. The van der Waals surface area contributed by atoms with E-state index in [1.165, 1.54) is 31.5 Å². The third-order valence-corrected chi connectivity index (χ3v) is 4.95. The zero-order chi connectivity index (χ0) is 13.5. The smallest absolute Gasteiger partial charge is 0.123 e. The van der Waals surface area contributed by atoms with Crippen LogP contribution >= 0.6 is 0 Å². The van der Waals surface area contributed by atoms with E-state index in [0.717, 1.165) is 18.1 Å². The molecule has 3 nitrogen and oxygen atoms in total. The Morgan fingerprint density at radius 2 is 2.05 bits per heavy atom. The van der Waals surface area contributed by atoms with Crippen LogP contribution in [0.1, 0.15) is 25.3 Å². The summed E-state index contributed by atoms with van der Waals surface area (Å²) in [5, 5.41) is 0. The average molecular weight is 261 g/mol. The van der Waals surface area contributed by atoms with Gasteiger partial charge in [0.05, 0.1) is 13.7 Å². The summed E-state index contributed by atoms with van der Waals surface area (Å²) in [6.07, 6.45) is 2.51. The molecule has 2 aliphatic rings. The van der Waals surface area contributed by atoms with Crippen LogP contribution in [0.3, 0.4) is 0 Å². The Balaban J connectivity index is 1.90. The SMILES string of the molecule is COc1ccc2c(c1)C(C)(C1CCN(C)CC1)CO2. The minimum atomic E-state index is 0.144. The number of benzene rings is 1. The van der Waals surface area contributed by atoms with E-state index in [2.05, 4.69) is 24.9 Å². The van der Waals surface area contributed by atoms with Gasteiger partial charge in [0.15, 0.2) is 0 Å². The first-order chi connectivity index (χ1) is 9.13. The second-order valence-electron chi connectivity index (χ2n) is 6.15. The number of ether oxygens (including phenoxy) is 2. The summed E-state index contributed by atoms with van der Waals surface area (Å²) < 4.78 is 11.3. The minimum absolute atomic E-state index is 0.144. The van der Waals surface area contributed by atoms with Crippen molar-refractivity contribution in [3.05, 3.63) is 23.8 Å². The maximum atomic E-state index is 5.92. The quantitative estimate of drug-likeness (QED) is 0.817. The van der Waals surface area contributed by atoms with Crippen molar-refractivity contribution >= 4 is 0 Å². The molecule has 3 heteroatoms. The number of rotatable bonds is 2. The van der Waals surface area contributed by atoms with Gasteiger partial charge in [0.2, 0.25) is 0 Å². The predicted molar refractivity (Wildman–Crippen MR) is 76.1 cm³/mol. The molecule has 0 saturated carbocycles. The first-order valence-electron chi connectivity index (χ1n) is 7.13. The summed E-state index contributed by atoms with van der Waals surface area (Å²) in [5.41, 5.74) is 1.48. The number of nitrogens with zero attached hydrogens (tertiary/aromatic N) is 1. The first kappa shape index (κ1) is 12.8. The average Bonchev–Trinajstić information content (AvgIpc) is 2.78. The third kappa shape index (κ3) is 2.10. The fourth-order valence-electron chi connectivity index (χ4n) is 3.50. The van der Waals surface area contributed by atoms with E-state index in [-0.39, 0.29) is 5.41 Å². The largest absolute Gasteiger partial charge is 0.497 e. The Labute approximate surface area is 115 Å². The lowest BCUT2D eigenvalue weighted by Gasteiger charge is -2.38. The molecule has 0 aromatic heterocycles. The van der Waals surface area contributed by atoms with Gasteiger partial charge in [-0.1, -0.05) is 6.92 Å². The van der Waals surface area contributed by atoms with Gasteiger partial charge in [0.1, 0.15) is 11.5 Å². The molecular weight excluding hydrogens is 238 g/mol. The zero-order valence-corrected chi connectivity index (χ0v) is 12.1. The van der Waals surface area contributed by atoms with Crippen molar-refractivity contribution in [3.63, 3.8) is 0 Å². The number of hydrogen-bond acceptors (Lipinski definition) is 3. The summed E-state index contributed by atoms with van der Waals surface area (Å²) in [7, 11) is 3.94. The summed E-state index contributed by atoms with van der Waals surface area (Å²) in [4.78, 5) is 2.42. The maximum absolute atomic E-state index is 5.92. The highest BCUT2D eigenvalue weighted by Crippen LogP contribution is 2.47. The maximum Gasteiger partial charge on any atom is 0.123 e. The van der Waals surface area contributed by atoms with Gasteiger partial charge in [0, 0.05) is 11.0 Å². The molecule has 1 unspecified atom stereocenters. The number of fused-ring (bicyclic) bond motifs is 1. The van der Waals surface area contributed by atoms with Crippen molar-refractivity contribution in [1.82, 2.24) is 4.90 Å². The molecule has 0 amide bonds. The van der Waals surface area contributed by atoms with Gasteiger partial charge in [-0.05, 0) is 57.1 Å². The molecule has 2 heterocycles. The fourth-order valence-corrected chi connectivity index (χ4v) is 3.50. The Kier molecular flexibility index (Phi) is 3.17. The van der Waals surface area contributed by atoms with E-state index in [1.54, 1.807) is 7.11 Å². The van der Waals surface area contributed by atoms with Crippen molar-refractivity contribution in [2.24, 2.45) is 5.92 Å². The number of hydrogen-bond donors (Lipinski definition) is 0. The van der Waals surface area contributed by atoms with Crippen LogP contribution in [0, 0.1) is 5.92 Å². The van der Waals surface area contributed by atoms with E-state index in [0.29, 0.717) is 5.92 Å². The summed E-state index contributed by atoms with van der Waals surface area (Å²) in [6.45, 7) is 5.55. The van der Waals surface area contributed by atoms with Crippen LogP contribution in [0.15, 0.2) is 18.2 Å². The minimum Gasteiger partial charge on any atom is -0.497 e. The van der Waals surface area contributed by atoms with Gasteiger partial charge in [-0.25, -0.2) is 0 Å². The number of piperidine rings is 1. The standard InChI is InChI=1S/C16H23NO2/c1-16(12-6-8-17(2)9-7-12)11-19-15-5-4-13(18-3)10-14(15)16/h4-5,10,12H,6-9,11H2,1-3H3. The molecule has 3 rings (SSSR count). The molecule has 0 spiro atoms. The van der Waals surface area contributed by atoms with Crippen LogP contribution in [0.25, 0.3) is 0 Å². The molecule has 1 atom stereocenters. The molecule has 0 radical (unpaired) electrons. The van der Waals surface area contributed by atoms with Crippen molar-refractivity contribution in [2.75, 3.05) is 33.9 Å². The van der Waals surface area contributed by atoms with Crippen LogP contribution in [0.2, 0.25) is 0 Å². The molecule has 0 aliphatic carbocycles. The normalized spacial score (nSPS) is 27.9. The molecule has 0 bridgehead atoms. The van der Waals surface area contributed by atoms with Crippen LogP contribution in [-0.2, 0) is 5.41 Å². The van der Waals surface area contributed by atoms with Gasteiger partial charge >= 0.3 is 0 Å². The summed E-state index contributed by atoms with van der Waals surface area (Å²) in [6, 6.07) is 6.20. The lowest BCUT2D eigenvalue weighted by molar-refractivity contribution is 0.132. The monoisotopic (exact) mass is 261 g/mol. The van der Waals surface area contributed by atoms with Gasteiger partial charge in [-0.3, -0.25) is 0 Å². The van der Waals surface area contributed by atoms with Crippen molar-refractivity contribution < 1.29 is 9.47 Å². The molecular formula is C16H23NO2. The molecule has 104 valence electrons. The Morgan fingerprint density at radius 1 is 1.32 bits per heavy atom. The number of methoxy groups -OCH3 is 1. The van der Waals surface area contributed by atoms with Gasteiger partial charge in [-0.2, -0.15) is 0 Å². The fraction of sp³-hybridized carbons (Fsp3) is 0.625. The summed E-state index contributed by atoms with van der Waals surface area (Å²) >= 11 is 0. The van der Waals surface area contributed by atoms with Crippen LogP contribution in [0.5, 0.6) is 11.5 Å². The highest BCUT2D eigenvalue weighted by molar-refractivity contribution is 5.48. The molecule has 1 fully saturated rings. The lowest BCUT2D eigenvalue weighted by atomic mass is 9.69. The van der Waals surface area contributed by atoms with Gasteiger partial charge in [0.25, 0.3) is 0 Å². The second kappa shape index (κ2) is 4.71. The van der Waals surface area contributed by atoms with Crippen LogP contribution < -0.4 is 9.47 Å². The van der Waals surface area contributed by atoms with Gasteiger partial charge < -0.3 is 14.4 Å². The second-order valence-corrected chi connectivity index (χ2v) is 6.15. The first-order valence-corrected chi connectivity index (χ1v) is 7.13. The van der Waals surface area contributed by atoms with Crippen LogP contribution in [-0.4, -0.2) is 38.8 Å². The van der Waals surface area contributed by atoms with E-state index >= 15 is 0 Å². The lowest BCUT2D eigenvalue weighted by Crippen LogP contribution is -2.41. The number of likely N-dealkylation sites (tertiary alicyclic amines) is 1. The zero-order valence-electron chi connectivity index (χ0n) is 12.1. The third-order valence-electron chi connectivity index (χ3n) is 4.95. The topological polar surface area (TPSA) is 21.7 Å². The van der Waals surface area contributed by atoms with E-state index in [1.807, 2.05) is 12.1 Å². The van der Waals surface area contributed by atoms with Crippen molar-refractivity contribution in [2.45, 2.75) is 25.2 Å². The van der Waals surface area contributed by atoms with E-state index in [4.69, 9.17) is 9.47 Å². The van der Waals surface area contributed by atoms with Crippen LogP contribution in [0.4, 0.5) is 0 Å². The molecule has 2 aliphatic heterocycles. The molecule has 0 N–H and O–H groups in total. The molecule has 1 saturated heterocycles. The van der Waals surface area contributed by atoms with Crippen molar-refractivity contribution in [1.29, 1.82) is 0 Å². The summed E-state index contributed by atoms with van der Waals surface area (Å²) in [5.74, 6) is 2.68.